The molecule has 61 heavy (non-hydrogen) atoms. The van der Waals surface area contributed by atoms with Gasteiger partial charge < -0.3 is 8.83 Å². The summed E-state index contributed by atoms with van der Waals surface area (Å²) in [5.74, 6) is 1.73. The molecule has 3 heterocycles. The quantitative estimate of drug-likeness (QED) is 0.163. The second-order valence-corrected chi connectivity index (χ2v) is 17.1. The monoisotopic (exact) mass is 773 g/mol. The van der Waals surface area contributed by atoms with Gasteiger partial charge in [0.2, 0.25) is 0 Å². The third kappa shape index (κ3) is 5.96. The molecular weight excluding hydrogens is 733 g/mol. The van der Waals surface area contributed by atoms with Crippen molar-refractivity contribution in [1.82, 2.24) is 15.0 Å². The van der Waals surface area contributed by atoms with Gasteiger partial charge in [0, 0.05) is 38.2 Å². The average Bonchev–Trinajstić information content (AvgIpc) is 3.86. The van der Waals surface area contributed by atoms with Gasteiger partial charge in [0.1, 0.15) is 109 Å². The van der Waals surface area contributed by atoms with Gasteiger partial charge in [-0.15, -0.1) is 16.4 Å². The topological polar surface area (TPSA) is 65.0 Å². The minimum atomic E-state index is 0.566. The highest BCUT2D eigenvalue weighted by Crippen LogP contribution is 2.37. The lowest BCUT2D eigenvalue weighted by atomic mass is 9.58. The zero-order valence-electron chi connectivity index (χ0n) is 36.9. The van der Waals surface area contributed by atoms with Gasteiger partial charge in [0.25, 0.3) is 0 Å². The smallest absolute Gasteiger partial charge is 0.167 e. The number of fused-ring (bicyclic) bond motifs is 6. The number of furan rings is 2. The van der Waals surface area contributed by atoms with Crippen LogP contribution in [0.2, 0.25) is 0 Å². The first-order valence-electron chi connectivity index (χ1n) is 21.2. The number of hydrogen-bond acceptors (Lipinski definition) is 5. The van der Waals surface area contributed by atoms with E-state index in [0.29, 0.717) is 17.5 Å². The molecule has 0 aliphatic carbocycles. The summed E-state index contributed by atoms with van der Waals surface area (Å²) >= 11 is 0. The molecule has 10 rings (SSSR count). The fraction of sp³-hybridized carbons (Fsp3) is 0. The molecule has 0 saturated heterocycles. The summed E-state index contributed by atoms with van der Waals surface area (Å²) in [6.07, 6.45) is 0. The Balaban J connectivity index is 1.27. The number of benzene rings is 7. The molecule has 0 unspecified atom stereocenters. The highest BCUT2D eigenvalue weighted by molar-refractivity contribution is 6.71. The van der Waals surface area contributed by atoms with Crippen LogP contribution < -0.4 is 60.1 Å². The van der Waals surface area contributed by atoms with Gasteiger partial charge in [-0.1, -0.05) is 123 Å². The van der Waals surface area contributed by atoms with Crippen molar-refractivity contribution in [3.8, 4) is 56.4 Å². The van der Waals surface area contributed by atoms with E-state index in [4.69, 9.17) is 23.8 Å². The van der Waals surface area contributed by atoms with Crippen molar-refractivity contribution < 1.29 is 8.83 Å². The molecule has 0 N–H and O–H groups in total. The van der Waals surface area contributed by atoms with Crippen molar-refractivity contribution in [1.29, 1.82) is 0 Å². The lowest BCUT2D eigenvalue weighted by Gasteiger charge is -2.23. The molecular formula is C45H38B11N3O2. The van der Waals surface area contributed by atoms with Gasteiger partial charge >= 0.3 is 0 Å². The van der Waals surface area contributed by atoms with Crippen LogP contribution in [0, 0.1) is 0 Å². The van der Waals surface area contributed by atoms with Gasteiger partial charge in [-0.2, -0.15) is 0 Å². The maximum atomic E-state index is 7.41. The number of para-hydroxylation sites is 1. The molecule has 0 radical (unpaired) electrons. The van der Waals surface area contributed by atoms with E-state index in [1.54, 1.807) is 0 Å². The van der Waals surface area contributed by atoms with E-state index in [9.17, 15) is 0 Å². The Kier molecular flexibility index (Phi) is 9.28. The first kappa shape index (κ1) is 39.0. The zero-order chi connectivity index (χ0) is 42.6. The van der Waals surface area contributed by atoms with Crippen LogP contribution >= 0.6 is 0 Å². The summed E-state index contributed by atoms with van der Waals surface area (Å²) < 4.78 is 13.8. The van der Waals surface area contributed by atoms with Crippen molar-refractivity contribution >= 4 is 190 Å². The molecule has 0 atom stereocenters. The summed E-state index contributed by atoms with van der Waals surface area (Å²) in [6.45, 7) is 0. The van der Waals surface area contributed by atoms with Crippen molar-refractivity contribution in [2.24, 2.45) is 0 Å². The highest BCUT2D eigenvalue weighted by Gasteiger charge is 2.28. The molecule has 0 aliphatic heterocycles. The molecule has 0 amide bonds. The van der Waals surface area contributed by atoms with Crippen LogP contribution in [0.3, 0.4) is 0 Å². The van der Waals surface area contributed by atoms with Crippen LogP contribution in [0.1, 0.15) is 0 Å². The Morgan fingerprint density at radius 2 is 0.754 bits per heavy atom. The second kappa shape index (κ2) is 14.5. The zero-order valence-corrected chi connectivity index (χ0v) is 36.9. The number of nitrogens with zero attached hydrogens (tertiary/aromatic N) is 3. The summed E-state index contributed by atoms with van der Waals surface area (Å²) in [6, 6.07) is 33.3. The van der Waals surface area contributed by atoms with Gasteiger partial charge in [-0.05, 0) is 34.9 Å². The maximum Gasteiger partial charge on any atom is 0.167 e. The molecule has 0 bridgehead atoms. The van der Waals surface area contributed by atoms with E-state index in [1.165, 1.54) is 65.8 Å². The highest BCUT2D eigenvalue weighted by atomic mass is 16.3. The third-order valence-electron chi connectivity index (χ3n) is 14.1. The fourth-order valence-corrected chi connectivity index (χ4v) is 9.65. The maximum absolute atomic E-state index is 7.41. The summed E-state index contributed by atoms with van der Waals surface area (Å²) in [5.41, 5.74) is 24.6. The third-order valence-corrected chi connectivity index (χ3v) is 14.1. The van der Waals surface area contributed by atoms with E-state index < -0.39 is 0 Å². The molecule has 0 spiro atoms. The van der Waals surface area contributed by atoms with Crippen molar-refractivity contribution in [2.45, 2.75) is 0 Å². The van der Waals surface area contributed by atoms with Crippen LogP contribution in [0.25, 0.3) is 100 Å². The van der Waals surface area contributed by atoms with E-state index in [1.807, 2.05) is 24.3 Å². The first-order chi connectivity index (χ1) is 29.3. The largest absolute Gasteiger partial charge is 0.456 e. The van der Waals surface area contributed by atoms with Crippen molar-refractivity contribution in [3.63, 3.8) is 0 Å². The number of aromatic nitrogens is 3. The van der Waals surface area contributed by atoms with E-state index >= 15 is 0 Å². The Labute approximate surface area is 365 Å². The first-order valence-corrected chi connectivity index (χ1v) is 21.2. The summed E-state index contributed by atoms with van der Waals surface area (Å²) in [7, 11) is 24.6. The number of hydrogen-bond donors (Lipinski definition) is 0. The molecule has 5 nitrogen and oxygen atoms in total. The van der Waals surface area contributed by atoms with E-state index in [-0.39, 0.29) is 0 Å². The van der Waals surface area contributed by atoms with E-state index in [0.717, 1.165) is 77.2 Å². The molecule has 16 heteroatoms. The normalized spacial score (nSPS) is 11.7. The van der Waals surface area contributed by atoms with Crippen LogP contribution in [-0.4, -0.2) is 101 Å². The lowest BCUT2D eigenvalue weighted by Crippen LogP contribution is -2.56. The Morgan fingerprint density at radius 3 is 1.41 bits per heavy atom. The standard InChI is InChI=1S/C45H38B11N3O2/c46-30-25(31(47)39(55)40(56)38(30)54)26-32(48)36(52)33(49)27-28-34(50)37(53)35(51)29(42(28)61-41(26)27)45-58-43(19-12-10-18(11-13-19)17-6-2-1-3-7-17)57-44(59-45)20-14-15-22-21-8-4-5-9-23(21)60-24(22)16-20/h1-16H,46-56H2. The van der Waals surface area contributed by atoms with Crippen LogP contribution in [0.4, 0.5) is 0 Å². The van der Waals surface area contributed by atoms with Gasteiger partial charge in [0.05, 0.1) is 5.56 Å². The predicted molar refractivity (Wildman–Crippen MR) is 292 cm³/mol. The average molecular weight is 772 g/mol. The molecule has 0 fully saturated rings. The van der Waals surface area contributed by atoms with Crippen LogP contribution in [0.5, 0.6) is 0 Å². The molecule has 7 aromatic carbocycles. The van der Waals surface area contributed by atoms with Gasteiger partial charge in [-0.25, -0.2) is 15.0 Å². The lowest BCUT2D eigenvalue weighted by molar-refractivity contribution is 0.669. The van der Waals surface area contributed by atoms with Crippen molar-refractivity contribution in [2.75, 3.05) is 0 Å². The Bertz CT molecular complexity index is 3470. The molecule has 3 aromatic heterocycles. The number of rotatable bonds is 5. The summed E-state index contributed by atoms with van der Waals surface area (Å²) in [4.78, 5) is 15.9. The fourth-order valence-electron chi connectivity index (χ4n) is 9.65. The Hall–Kier alpha value is -6.14. The van der Waals surface area contributed by atoms with Crippen LogP contribution in [-0.2, 0) is 0 Å². The van der Waals surface area contributed by atoms with Crippen LogP contribution in [0.15, 0.2) is 106 Å². The molecule has 0 saturated carbocycles. The SMILES string of the molecule is Bc1c(B)c(B)c(-c2c(B)c(B)c(B)c3c2oc2c(-c4nc(-c5ccc(-c6ccccc6)cc5)nc(-c5ccc6c(c5)oc5ccccc56)n4)c(B)c(B)c(B)c23)c(B)c1B. The summed E-state index contributed by atoms with van der Waals surface area (Å²) in [5, 5.41) is 4.41. The van der Waals surface area contributed by atoms with Gasteiger partial charge in [-0.3, -0.25) is 0 Å². The Morgan fingerprint density at radius 1 is 0.311 bits per heavy atom. The molecule has 278 valence electrons. The molecule has 0 aliphatic rings. The predicted octanol–water partition coefficient (Wildman–Crippen LogP) is -7.15. The van der Waals surface area contributed by atoms with Gasteiger partial charge in [0.15, 0.2) is 17.5 Å². The minimum Gasteiger partial charge on any atom is -0.456 e. The van der Waals surface area contributed by atoms with E-state index in [2.05, 4.69) is 159 Å². The minimum absolute atomic E-state index is 0.566. The second-order valence-electron chi connectivity index (χ2n) is 17.1. The van der Waals surface area contributed by atoms with Crippen molar-refractivity contribution in [3.05, 3.63) is 97.1 Å². The molecule has 10 aromatic rings.